The van der Waals surface area contributed by atoms with E-state index in [1.165, 1.54) is 0 Å². The molecule has 3 N–H and O–H groups in total. The van der Waals surface area contributed by atoms with E-state index in [9.17, 15) is 9.59 Å². The van der Waals surface area contributed by atoms with E-state index in [4.69, 9.17) is 4.98 Å². The zero-order chi connectivity index (χ0) is 23.2. The Balaban J connectivity index is 1.24. The summed E-state index contributed by atoms with van der Waals surface area (Å²) in [5, 5.41) is 10.1. The average molecular weight is 461 g/mol. The van der Waals surface area contributed by atoms with Gasteiger partial charge in [0.2, 0.25) is 5.95 Å². The van der Waals surface area contributed by atoms with Crippen LogP contribution in [0.5, 0.6) is 0 Å². The van der Waals surface area contributed by atoms with Crippen LogP contribution in [0.1, 0.15) is 59.0 Å². The van der Waals surface area contributed by atoms with Crippen molar-refractivity contribution in [1.82, 2.24) is 35.1 Å². The number of hydrogen-bond acceptors (Lipinski definition) is 7. The van der Waals surface area contributed by atoms with Crippen molar-refractivity contribution < 1.29 is 9.59 Å². The lowest BCUT2D eigenvalue weighted by Crippen LogP contribution is -2.46. The molecule has 34 heavy (non-hydrogen) atoms. The van der Waals surface area contributed by atoms with Crippen molar-refractivity contribution in [3.8, 4) is 0 Å². The van der Waals surface area contributed by atoms with Crippen LogP contribution in [0.15, 0.2) is 30.6 Å². The highest BCUT2D eigenvalue weighted by Crippen LogP contribution is 2.34. The SMILES string of the molecule is CNC(=O)c1cc2cnc(Nc3ccc(C(=O)N4C[C@H]5C[C@H]4CN5)cn3)nc2n1C1CCCC1. The fraction of sp³-hybridized carbons (Fsp3) is 0.458. The maximum atomic E-state index is 12.9. The molecule has 176 valence electrons. The molecule has 0 unspecified atom stereocenters. The number of anilines is 2. The second kappa shape index (κ2) is 8.35. The number of carbonyl (C=O) groups is 2. The first-order valence-electron chi connectivity index (χ1n) is 12.0. The summed E-state index contributed by atoms with van der Waals surface area (Å²) in [7, 11) is 1.64. The number of amides is 2. The summed E-state index contributed by atoms with van der Waals surface area (Å²) in [6.45, 7) is 1.63. The smallest absolute Gasteiger partial charge is 0.267 e. The Morgan fingerprint density at radius 2 is 1.97 bits per heavy atom. The van der Waals surface area contributed by atoms with Gasteiger partial charge in [-0.15, -0.1) is 0 Å². The first kappa shape index (κ1) is 21.0. The Labute approximate surface area is 197 Å². The lowest BCUT2D eigenvalue weighted by atomic mass is 10.2. The van der Waals surface area contributed by atoms with Gasteiger partial charge in [0.05, 0.1) is 5.56 Å². The summed E-state index contributed by atoms with van der Waals surface area (Å²) in [4.78, 5) is 40.9. The number of aromatic nitrogens is 4. The van der Waals surface area contributed by atoms with E-state index in [2.05, 4.69) is 30.5 Å². The van der Waals surface area contributed by atoms with E-state index in [1.807, 2.05) is 11.0 Å². The Hall–Kier alpha value is -3.53. The second-order valence-corrected chi connectivity index (χ2v) is 9.40. The van der Waals surface area contributed by atoms with Gasteiger partial charge in [-0.05, 0) is 37.5 Å². The van der Waals surface area contributed by atoms with Crippen molar-refractivity contribution >= 4 is 34.6 Å². The van der Waals surface area contributed by atoms with E-state index in [0.29, 0.717) is 29.1 Å². The van der Waals surface area contributed by atoms with E-state index < -0.39 is 0 Å². The van der Waals surface area contributed by atoms with Crippen LogP contribution in [-0.2, 0) is 0 Å². The number of rotatable bonds is 5. The zero-order valence-corrected chi connectivity index (χ0v) is 19.1. The molecule has 1 aliphatic carbocycles. The topological polar surface area (TPSA) is 117 Å². The molecule has 1 saturated carbocycles. The third kappa shape index (κ3) is 3.58. The number of nitrogens with zero attached hydrogens (tertiary/aromatic N) is 5. The molecule has 3 aromatic rings. The number of piperazine rings is 1. The molecule has 2 saturated heterocycles. The van der Waals surface area contributed by atoms with Crippen LogP contribution in [0, 0.1) is 0 Å². The molecule has 6 rings (SSSR count). The van der Waals surface area contributed by atoms with Crippen LogP contribution in [0.25, 0.3) is 11.0 Å². The van der Waals surface area contributed by atoms with Gasteiger partial charge in [0.1, 0.15) is 17.2 Å². The second-order valence-electron chi connectivity index (χ2n) is 9.40. The Morgan fingerprint density at radius 3 is 2.65 bits per heavy atom. The third-order valence-corrected chi connectivity index (χ3v) is 7.29. The van der Waals surface area contributed by atoms with Gasteiger partial charge in [-0.25, -0.2) is 9.97 Å². The van der Waals surface area contributed by atoms with Crippen LogP contribution < -0.4 is 16.0 Å². The van der Waals surface area contributed by atoms with E-state index in [1.54, 1.807) is 31.6 Å². The summed E-state index contributed by atoms with van der Waals surface area (Å²) in [5.41, 5.74) is 1.94. The molecular weight excluding hydrogens is 432 g/mol. The third-order valence-electron chi connectivity index (χ3n) is 7.29. The quantitative estimate of drug-likeness (QED) is 0.535. The Bertz CT molecular complexity index is 1250. The number of likely N-dealkylation sites (tertiary alicyclic amines) is 1. The molecular formula is C24H28N8O2. The fourth-order valence-electron chi connectivity index (χ4n) is 5.59. The predicted molar refractivity (Wildman–Crippen MR) is 127 cm³/mol. The molecule has 0 aromatic carbocycles. The number of hydrogen-bond donors (Lipinski definition) is 3. The lowest BCUT2D eigenvalue weighted by molar-refractivity contribution is 0.0715. The van der Waals surface area contributed by atoms with Gasteiger partial charge in [0.15, 0.2) is 0 Å². The van der Waals surface area contributed by atoms with Gasteiger partial charge in [0, 0.05) is 56.0 Å². The molecule has 0 spiro atoms. The number of carbonyl (C=O) groups excluding carboxylic acids is 2. The molecule has 5 heterocycles. The average Bonchev–Trinajstić information content (AvgIpc) is 3.67. The molecule has 2 bridgehead atoms. The Kier molecular flexibility index (Phi) is 5.17. The highest BCUT2D eigenvalue weighted by atomic mass is 16.2. The van der Waals surface area contributed by atoms with Crippen LogP contribution in [0.4, 0.5) is 11.8 Å². The minimum atomic E-state index is -0.122. The van der Waals surface area contributed by atoms with Gasteiger partial charge < -0.3 is 25.4 Å². The highest BCUT2D eigenvalue weighted by Gasteiger charge is 2.40. The van der Waals surface area contributed by atoms with E-state index in [0.717, 1.165) is 56.2 Å². The van der Waals surface area contributed by atoms with Crippen LogP contribution in [0.3, 0.4) is 0 Å². The summed E-state index contributed by atoms with van der Waals surface area (Å²) in [5.74, 6) is 0.874. The maximum absolute atomic E-state index is 12.9. The fourth-order valence-corrected chi connectivity index (χ4v) is 5.59. The van der Waals surface area contributed by atoms with Crippen LogP contribution in [0.2, 0.25) is 0 Å². The van der Waals surface area contributed by atoms with Crippen molar-refractivity contribution in [2.45, 2.75) is 50.2 Å². The number of fused-ring (bicyclic) bond motifs is 3. The molecule has 0 radical (unpaired) electrons. The molecule has 3 aliphatic rings. The van der Waals surface area contributed by atoms with Crippen LogP contribution in [-0.4, -0.2) is 68.5 Å². The highest BCUT2D eigenvalue weighted by molar-refractivity contribution is 5.98. The van der Waals surface area contributed by atoms with Gasteiger partial charge in [-0.3, -0.25) is 9.59 Å². The molecule has 3 aromatic heterocycles. The van der Waals surface area contributed by atoms with Crippen molar-refractivity contribution in [2.75, 3.05) is 25.5 Å². The van der Waals surface area contributed by atoms with Crippen LogP contribution >= 0.6 is 0 Å². The van der Waals surface area contributed by atoms with Crippen molar-refractivity contribution in [1.29, 1.82) is 0 Å². The molecule has 10 heteroatoms. The minimum Gasteiger partial charge on any atom is -0.354 e. The summed E-state index contributed by atoms with van der Waals surface area (Å²) in [6, 6.07) is 6.38. The summed E-state index contributed by atoms with van der Waals surface area (Å²) in [6.07, 6.45) is 8.74. The van der Waals surface area contributed by atoms with Gasteiger partial charge in [-0.2, -0.15) is 4.98 Å². The van der Waals surface area contributed by atoms with Gasteiger partial charge in [-0.1, -0.05) is 12.8 Å². The molecule has 10 nitrogen and oxygen atoms in total. The maximum Gasteiger partial charge on any atom is 0.267 e. The molecule has 2 atom stereocenters. The van der Waals surface area contributed by atoms with Gasteiger partial charge in [0.25, 0.3) is 11.8 Å². The standard InChI is InChI=1S/C24H28N8O2/c1-25-22(33)19-8-15-11-28-24(30-21(15)32(19)17-4-2-3-5-17)29-20-7-6-14(10-27-20)23(34)31-13-16-9-18(31)12-26-16/h6-8,10-11,16-18,26H,2-5,9,12-13H2,1H3,(H,25,33)(H,27,28,29,30)/t16-,18+/m1/s1. The lowest BCUT2D eigenvalue weighted by Gasteiger charge is -2.27. The predicted octanol–water partition coefficient (Wildman–Crippen LogP) is 2.23. The zero-order valence-electron chi connectivity index (χ0n) is 19.1. The number of pyridine rings is 1. The van der Waals surface area contributed by atoms with Crippen molar-refractivity contribution in [3.05, 3.63) is 41.9 Å². The summed E-state index contributed by atoms with van der Waals surface area (Å²) >= 11 is 0. The normalized spacial score (nSPS) is 22.0. The van der Waals surface area contributed by atoms with E-state index in [-0.39, 0.29) is 23.9 Å². The monoisotopic (exact) mass is 460 g/mol. The molecule has 3 fully saturated rings. The molecule has 2 amide bonds. The number of nitrogens with one attached hydrogen (secondary N) is 3. The van der Waals surface area contributed by atoms with Gasteiger partial charge >= 0.3 is 0 Å². The largest absolute Gasteiger partial charge is 0.354 e. The van der Waals surface area contributed by atoms with Crippen molar-refractivity contribution in [3.63, 3.8) is 0 Å². The minimum absolute atomic E-state index is 0.0295. The van der Waals surface area contributed by atoms with E-state index >= 15 is 0 Å². The summed E-state index contributed by atoms with van der Waals surface area (Å²) < 4.78 is 2.06. The Morgan fingerprint density at radius 1 is 1.12 bits per heavy atom. The molecule has 2 aliphatic heterocycles. The van der Waals surface area contributed by atoms with Crippen molar-refractivity contribution in [2.24, 2.45) is 0 Å². The first-order valence-corrected chi connectivity index (χ1v) is 12.0. The first-order chi connectivity index (χ1) is 16.6.